The number of hydrogen-bond donors (Lipinski definition) is 1. The second-order valence-electron chi connectivity index (χ2n) is 7.85. The van der Waals surface area contributed by atoms with Crippen molar-refractivity contribution in [3.05, 3.63) is 30.3 Å². The molecule has 1 aromatic carbocycles. The number of ether oxygens (including phenoxy) is 1. The number of aromatic nitrogens is 2. The summed E-state index contributed by atoms with van der Waals surface area (Å²) in [5.74, 6) is 1.28. The van der Waals surface area contributed by atoms with Gasteiger partial charge < -0.3 is 10.1 Å². The summed E-state index contributed by atoms with van der Waals surface area (Å²) in [5.41, 5.74) is 0.963. The lowest BCUT2D eigenvalue weighted by atomic mass is 9.96. The van der Waals surface area contributed by atoms with E-state index in [1.54, 1.807) is 17.9 Å². The van der Waals surface area contributed by atoms with Crippen LogP contribution in [-0.4, -0.2) is 42.7 Å². The number of sulfone groups is 1. The predicted octanol–water partition coefficient (Wildman–Crippen LogP) is 2.90. The zero-order valence-electron chi connectivity index (χ0n) is 16.0. The number of carbonyl (C=O) groups is 1. The van der Waals surface area contributed by atoms with Crippen molar-refractivity contribution in [3.63, 3.8) is 0 Å². The van der Waals surface area contributed by atoms with Gasteiger partial charge in [-0.25, -0.2) is 13.1 Å². The van der Waals surface area contributed by atoms with Gasteiger partial charge in [0.25, 0.3) is 0 Å². The molecule has 146 valence electrons. The van der Waals surface area contributed by atoms with Crippen LogP contribution in [0.3, 0.4) is 0 Å². The highest BCUT2D eigenvalue weighted by Gasteiger charge is 2.32. The van der Waals surface area contributed by atoms with Gasteiger partial charge in [-0.3, -0.25) is 4.79 Å². The number of benzene rings is 1. The highest BCUT2D eigenvalue weighted by Crippen LogP contribution is 2.31. The molecule has 27 heavy (non-hydrogen) atoms. The average Bonchev–Trinajstić information content (AvgIpc) is 3.17. The molecule has 1 fully saturated rings. The summed E-state index contributed by atoms with van der Waals surface area (Å²) in [6, 6.07) is 8.94. The molecule has 2 aromatic rings. The third kappa shape index (κ3) is 4.32. The molecule has 1 saturated heterocycles. The van der Waals surface area contributed by atoms with Crippen molar-refractivity contribution in [2.45, 2.75) is 33.2 Å². The third-order valence-electron chi connectivity index (χ3n) is 4.60. The van der Waals surface area contributed by atoms with Crippen LogP contribution >= 0.6 is 0 Å². The first-order valence-corrected chi connectivity index (χ1v) is 10.7. The maximum Gasteiger partial charge on any atom is 0.230 e. The lowest BCUT2D eigenvalue weighted by molar-refractivity contribution is -0.123. The average molecular weight is 391 g/mol. The van der Waals surface area contributed by atoms with Crippen LogP contribution in [-0.2, 0) is 14.6 Å². The normalized spacial score (nSPS) is 19.0. The minimum atomic E-state index is -3.07. The molecular weight excluding hydrogens is 366 g/mol. The first kappa shape index (κ1) is 19.4. The van der Waals surface area contributed by atoms with Gasteiger partial charge >= 0.3 is 0 Å². The monoisotopic (exact) mass is 391 g/mol. The minimum Gasteiger partial charge on any atom is -0.497 e. The van der Waals surface area contributed by atoms with Crippen molar-refractivity contribution in [2.75, 3.05) is 23.9 Å². The Bertz CT molecular complexity index is 940. The van der Waals surface area contributed by atoms with Crippen LogP contribution in [0.15, 0.2) is 30.3 Å². The SMILES string of the molecule is COc1ccc(-c2cc(NC(=O)C(C)(C)C)n(C3CCS(=O)(=O)C3)n2)cc1. The van der Waals surface area contributed by atoms with Crippen LogP contribution in [0.2, 0.25) is 0 Å². The van der Waals surface area contributed by atoms with E-state index in [2.05, 4.69) is 10.4 Å². The molecule has 7 nitrogen and oxygen atoms in total. The van der Waals surface area contributed by atoms with Gasteiger partial charge in [-0.2, -0.15) is 5.10 Å². The zero-order chi connectivity index (χ0) is 19.8. The fourth-order valence-electron chi connectivity index (χ4n) is 2.94. The van der Waals surface area contributed by atoms with E-state index in [-0.39, 0.29) is 23.5 Å². The molecule has 0 spiro atoms. The fraction of sp³-hybridized carbons (Fsp3) is 0.474. The predicted molar refractivity (Wildman–Crippen MR) is 105 cm³/mol. The van der Waals surface area contributed by atoms with Gasteiger partial charge in [0, 0.05) is 17.0 Å². The van der Waals surface area contributed by atoms with Crippen LogP contribution in [0.5, 0.6) is 5.75 Å². The Morgan fingerprint density at radius 3 is 2.44 bits per heavy atom. The van der Waals surface area contributed by atoms with E-state index in [4.69, 9.17) is 4.74 Å². The van der Waals surface area contributed by atoms with Gasteiger partial charge in [0.05, 0.1) is 30.4 Å². The second-order valence-corrected chi connectivity index (χ2v) is 10.1. The summed E-state index contributed by atoms with van der Waals surface area (Å²) < 4.78 is 30.6. The summed E-state index contributed by atoms with van der Waals surface area (Å²) >= 11 is 0. The van der Waals surface area contributed by atoms with Crippen LogP contribution in [0.4, 0.5) is 5.82 Å². The number of anilines is 1. The van der Waals surface area contributed by atoms with Crippen molar-refractivity contribution >= 4 is 21.6 Å². The Kier molecular flexibility index (Phi) is 5.03. The van der Waals surface area contributed by atoms with Crippen LogP contribution in [0.25, 0.3) is 11.3 Å². The molecule has 1 N–H and O–H groups in total. The molecule has 2 heterocycles. The van der Waals surface area contributed by atoms with Crippen LogP contribution in [0.1, 0.15) is 33.2 Å². The first-order valence-electron chi connectivity index (χ1n) is 8.85. The molecule has 1 atom stereocenters. The van der Waals surface area contributed by atoms with E-state index >= 15 is 0 Å². The Hall–Kier alpha value is -2.35. The van der Waals surface area contributed by atoms with E-state index in [0.717, 1.165) is 11.3 Å². The highest BCUT2D eigenvalue weighted by molar-refractivity contribution is 7.91. The molecule has 1 unspecified atom stereocenters. The maximum atomic E-state index is 12.5. The summed E-state index contributed by atoms with van der Waals surface area (Å²) in [7, 11) is -1.47. The summed E-state index contributed by atoms with van der Waals surface area (Å²) in [6.45, 7) is 5.48. The maximum absolute atomic E-state index is 12.5. The van der Waals surface area contributed by atoms with Crippen molar-refractivity contribution in [3.8, 4) is 17.0 Å². The molecule has 0 bridgehead atoms. The molecule has 1 aliphatic heterocycles. The quantitative estimate of drug-likeness (QED) is 0.865. The molecule has 0 aliphatic carbocycles. The Morgan fingerprint density at radius 2 is 1.93 bits per heavy atom. The number of nitrogens with zero attached hydrogens (tertiary/aromatic N) is 2. The van der Waals surface area contributed by atoms with Gasteiger partial charge in [0.1, 0.15) is 11.6 Å². The van der Waals surface area contributed by atoms with Crippen molar-refractivity contribution in [2.24, 2.45) is 5.41 Å². The van der Waals surface area contributed by atoms with E-state index in [9.17, 15) is 13.2 Å². The minimum absolute atomic E-state index is 0.0368. The highest BCUT2D eigenvalue weighted by atomic mass is 32.2. The summed E-state index contributed by atoms with van der Waals surface area (Å²) in [4.78, 5) is 12.5. The first-order chi connectivity index (χ1) is 12.6. The molecule has 1 aliphatic rings. The molecule has 0 saturated carbocycles. The van der Waals surface area contributed by atoms with E-state index < -0.39 is 15.3 Å². The summed E-state index contributed by atoms with van der Waals surface area (Å²) in [5, 5.41) is 7.52. The standard InChI is InChI=1S/C19H25N3O4S/c1-19(2,3)18(23)20-17-11-16(13-5-7-15(26-4)8-6-13)21-22(17)14-9-10-27(24,25)12-14/h5-8,11,14H,9-10,12H2,1-4H3,(H,20,23). The number of amides is 1. The number of nitrogens with one attached hydrogen (secondary N) is 1. The van der Waals surface area contributed by atoms with E-state index in [1.165, 1.54) is 0 Å². The lowest BCUT2D eigenvalue weighted by Gasteiger charge is -2.19. The molecule has 3 rings (SSSR count). The van der Waals surface area contributed by atoms with Gasteiger partial charge in [-0.1, -0.05) is 20.8 Å². The van der Waals surface area contributed by atoms with Crippen molar-refractivity contribution in [1.29, 1.82) is 0 Å². The van der Waals surface area contributed by atoms with Gasteiger partial charge in [0.2, 0.25) is 5.91 Å². The molecule has 1 amide bonds. The van der Waals surface area contributed by atoms with E-state index in [0.29, 0.717) is 17.9 Å². The number of methoxy groups -OCH3 is 1. The number of hydrogen-bond acceptors (Lipinski definition) is 5. The van der Waals surface area contributed by atoms with Gasteiger partial charge in [0.15, 0.2) is 9.84 Å². The van der Waals surface area contributed by atoms with Crippen LogP contribution < -0.4 is 10.1 Å². The Labute approximate surface area is 159 Å². The molecule has 1 aromatic heterocycles. The fourth-order valence-corrected chi connectivity index (χ4v) is 4.63. The van der Waals surface area contributed by atoms with Gasteiger partial charge in [-0.05, 0) is 30.7 Å². The Morgan fingerprint density at radius 1 is 1.26 bits per heavy atom. The lowest BCUT2D eigenvalue weighted by Crippen LogP contribution is -2.29. The Balaban J connectivity index is 1.98. The van der Waals surface area contributed by atoms with Crippen molar-refractivity contribution < 1.29 is 17.9 Å². The molecule has 8 heteroatoms. The zero-order valence-corrected chi connectivity index (χ0v) is 16.8. The number of rotatable bonds is 4. The van der Waals surface area contributed by atoms with Crippen LogP contribution in [0, 0.1) is 5.41 Å². The number of carbonyl (C=O) groups excluding carboxylic acids is 1. The van der Waals surface area contributed by atoms with Crippen molar-refractivity contribution in [1.82, 2.24) is 9.78 Å². The molecular formula is C19H25N3O4S. The summed E-state index contributed by atoms with van der Waals surface area (Å²) in [6.07, 6.45) is 0.491. The molecule has 0 radical (unpaired) electrons. The van der Waals surface area contributed by atoms with Gasteiger partial charge in [-0.15, -0.1) is 0 Å². The second kappa shape index (κ2) is 6.99. The smallest absolute Gasteiger partial charge is 0.230 e. The topological polar surface area (TPSA) is 90.3 Å². The van der Waals surface area contributed by atoms with E-state index in [1.807, 2.05) is 45.0 Å². The third-order valence-corrected chi connectivity index (χ3v) is 6.35. The largest absolute Gasteiger partial charge is 0.497 e.